The normalized spacial score (nSPS) is 10.4. The Labute approximate surface area is 83.9 Å². The number of aliphatic hydroxyl groups is 1. The molecule has 72 valence electrons. The van der Waals surface area contributed by atoms with Gasteiger partial charge in [-0.15, -0.1) is 5.10 Å². The summed E-state index contributed by atoms with van der Waals surface area (Å²) < 4.78 is 1.88. The van der Waals surface area contributed by atoms with Gasteiger partial charge in [-0.2, -0.15) is 0 Å². The molecule has 0 aliphatic rings. The zero-order valence-corrected chi connectivity index (χ0v) is 8.78. The Hall–Kier alpha value is -0.750. The first kappa shape index (κ1) is 10.3. The van der Waals surface area contributed by atoms with Crippen molar-refractivity contribution in [3.63, 3.8) is 0 Å². The molecule has 0 aliphatic carbocycles. The first-order chi connectivity index (χ1) is 6.16. The quantitative estimate of drug-likeness (QED) is 0.789. The largest absolute Gasteiger partial charge is 0.396 e. The molecule has 0 radical (unpaired) electrons. The number of nitrogens with zero attached hydrogens (tertiary/aromatic N) is 3. The van der Waals surface area contributed by atoms with Gasteiger partial charge in [-0.3, -0.25) is 4.79 Å². The van der Waals surface area contributed by atoms with Crippen LogP contribution in [0.2, 0.25) is 0 Å². The smallest absolute Gasteiger partial charge is 0.183 e. The van der Waals surface area contributed by atoms with Crippen LogP contribution in [0.4, 0.5) is 0 Å². The average molecular weight is 248 g/mol. The SMILES string of the molecule is Cn1nnc(Br)c1C(=O)CCCO. The third-order valence-corrected chi connectivity index (χ3v) is 2.15. The third-order valence-electron chi connectivity index (χ3n) is 1.61. The highest BCUT2D eigenvalue weighted by Crippen LogP contribution is 2.14. The first-order valence-electron chi connectivity index (χ1n) is 3.86. The summed E-state index contributed by atoms with van der Waals surface area (Å²) in [7, 11) is 1.66. The Bertz CT molecular complexity index is 291. The monoisotopic (exact) mass is 247 g/mol. The van der Waals surface area contributed by atoms with Crippen LogP contribution in [-0.4, -0.2) is 32.5 Å². The molecule has 1 aromatic heterocycles. The Kier molecular flexibility index (Phi) is 3.56. The molecule has 0 aliphatic heterocycles. The van der Waals surface area contributed by atoms with E-state index in [1.165, 1.54) is 4.68 Å². The van der Waals surface area contributed by atoms with Gasteiger partial charge >= 0.3 is 0 Å². The number of rotatable bonds is 4. The lowest BCUT2D eigenvalue weighted by Crippen LogP contribution is -2.08. The second kappa shape index (κ2) is 4.48. The number of Topliss-reactive ketones (excluding diaryl/α,β-unsaturated/α-hetero) is 1. The molecule has 1 heterocycles. The summed E-state index contributed by atoms with van der Waals surface area (Å²) in [6.45, 7) is 0.0225. The van der Waals surface area contributed by atoms with Crippen LogP contribution in [0.25, 0.3) is 0 Å². The van der Waals surface area contributed by atoms with Crippen molar-refractivity contribution < 1.29 is 9.90 Å². The van der Waals surface area contributed by atoms with Crippen molar-refractivity contribution in [1.29, 1.82) is 0 Å². The van der Waals surface area contributed by atoms with Gasteiger partial charge in [-0.05, 0) is 22.4 Å². The molecule has 1 rings (SSSR count). The summed E-state index contributed by atoms with van der Waals surface area (Å²) in [5.41, 5.74) is 0.452. The number of hydrogen-bond donors (Lipinski definition) is 1. The van der Waals surface area contributed by atoms with E-state index >= 15 is 0 Å². The maximum absolute atomic E-state index is 11.5. The van der Waals surface area contributed by atoms with Crippen LogP contribution in [0.15, 0.2) is 4.60 Å². The zero-order chi connectivity index (χ0) is 9.84. The molecular formula is C7H10BrN3O2. The minimum absolute atomic E-state index is 0.0225. The molecule has 1 aromatic rings. The van der Waals surface area contributed by atoms with Crippen molar-refractivity contribution in [3.05, 3.63) is 10.3 Å². The highest BCUT2D eigenvalue weighted by atomic mass is 79.9. The average Bonchev–Trinajstić information content (AvgIpc) is 2.42. The van der Waals surface area contributed by atoms with Gasteiger partial charge in [-0.1, -0.05) is 5.21 Å². The third kappa shape index (κ3) is 2.35. The van der Waals surface area contributed by atoms with Gasteiger partial charge in [0.2, 0.25) is 0 Å². The number of carbonyl (C=O) groups excluding carboxylic acids is 1. The molecule has 0 atom stereocenters. The van der Waals surface area contributed by atoms with Crippen LogP contribution in [0.5, 0.6) is 0 Å². The minimum atomic E-state index is -0.0616. The van der Waals surface area contributed by atoms with Crippen LogP contribution in [-0.2, 0) is 7.05 Å². The number of aryl methyl sites for hydroxylation is 1. The number of ketones is 1. The molecule has 0 saturated heterocycles. The lowest BCUT2D eigenvalue weighted by atomic mass is 10.2. The summed E-state index contributed by atoms with van der Waals surface area (Å²) in [6.07, 6.45) is 0.784. The molecule has 0 amide bonds. The topological polar surface area (TPSA) is 68.0 Å². The molecule has 0 aromatic carbocycles. The van der Waals surface area contributed by atoms with Gasteiger partial charge in [0.15, 0.2) is 10.4 Å². The lowest BCUT2D eigenvalue weighted by molar-refractivity contribution is 0.0961. The Balaban J connectivity index is 2.76. The Morgan fingerprint density at radius 1 is 1.69 bits per heavy atom. The molecule has 5 nitrogen and oxygen atoms in total. The Morgan fingerprint density at radius 2 is 2.38 bits per heavy atom. The molecule has 0 spiro atoms. The maximum atomic E-state index is 11.5. The molecule has 0 fully saturated rings. The van der Waals surface area contributed by atoms with E-state index < -0.39 is 0 Å². The number of halogens is 1. The number of hydrogen-bond acceptors (Lipinski definition) is 4. The molecule has 13 heavy (non-hydrogen) atoms. The van der Waals surface area contributed by atoms with E-state index in [0.717, 1.165) is 0 Å². The lowest BCUT2D eigenvalue weighted by Gasteiger charge is -1.98. The predicted octanol–water partition coefficient (Wildman–Crippen LogP) is 0.533. The van der Waals surface area contributed by atoms with Gasteiger partial charge in [0, 0.05) is 20.1 Å². The van der Waals surface area contributed by atoms with Gasteiger partial charge in [0.05, 0.1) is 0 Å². The number of aliphatic hydroxyl groups excluding tert-OH is 1. The molecule has 1 N–H and O–H groups in total. The number of carbonyl (C=O) groups is 1. The summed E-state index contributed by atoms with van der Waals surface area (Å²) in [4.78, 5) is 11.5. The minimum Gasteiger partial charge on any atom is -0.396 e. The van der Waals surface area contributed by atoms with Gasteiger partial charge in [0.25, 0.3) is 0 Å². The van der Waals surface area contributed by atoms with Crippen LogP contribution < -0.4 is 0 Å². The van der Waals surface area contributed by atoms with E-state index in [9.17, 15) is 4.79 Å². The highest BCUT2D eigenvalue weighted by Gasteiger charge is 2.15. The van der Waals surface area contributed by atoms with Crippen molar-refractivity contribution in [2.45, 2.75) is 12.8 Å². The standard InChI is InChI=1S/C7H10BrN3O2/c1-11-6(7(8)9-10-11)5(13)3-2-4-12/h12H,2-4H2,1H3. The van der Waals surface area contributed by atoms with Gasteiger partial charge < -0.3 is 5.11 Å². The summed E-state index contributed by atoms with van der Waals surface area (Å²) in [5, 5.41) is 15.9. The van der Waals surface area contributed by atoms with Crippen LogP contribution >= 0.6 is 15.9 Å². The van der Waals surface area contributed by atoms with E-state index in [0.29, 0.717) is 23.1 Å². The maximum Gasteiger partial charge on any atom is 0.183 e. The summed E-state index contributed by atoms with van der Waals surface area (Å²) >= 11 is 3.13. The van der Waals surface area contributed by atoms with Crippen molar-refractivity contribution in [2.24, 2.45) is 7.05 Å². The van der Waals surface area contributed by atoms with Gasteiger partial charge in [-0.25, -0.2) is 4.68 Å². The predicted molar refractivity (Wildman–Crippen MR) is 49.4 cm³/mol. The molecule has 6 heteroatoms. The molecule has 0 bridgehead atoms. The number of aromatic nitrogens is 3. The van der Waals surface area contributed by atoms with Crippen LogP contribution in [0, 0.1) is 0 Å². The molecular weight excluding hydrogens is 238 g/mol. The van der Waals surface area contributed by atoms with Crippen molar-refractivity contribution in [1.82, 2.24) is 15.0 Å². The second-order valence-corrected chi connectivity index (χ2v) is 3.35. The first-order valence-corrected chi connectivity index (χ1v) is 4.65. The van der Waals surface area contributed by atoms with Crippen molar-refractivity contribution >= 4 is 21.7 Å². The fourth-order valence-electron chi connectivity index (χ4n) is 0.985. The fourth-order valence-corrected chi connectivity index (χ4v) is 1.53. The van der Waals surface area contributed by atoms with E-state index in [1.807, 2.05) is 0 Å². The zero-order valence-electron chi connectivity index (χ0n) is 7.20. The summed E-state index contributed by atoms with van der Waals surface area (Å²) in [6, 6.07) is 0. The van der Waals surface area contributed by atoms with E-state index in [1.54, 1.807) is 7.05 Å². The second-order valence-electron chi connectivity index (χ2n) is 2.60. The fraction of sp³-hybridized carbons (Fsp3) is 0.571. The molecule has 0 unspecified atom stereocenters. The van der Waals surface area contributed by atoms with E-state index in [4.69, 9.17) is 5.11 Å². The van der Waals surface area contributed by atoms with E-state index in [2.05, 4.69) is 26.2 Å². The van der Waals surface area contributed by atoms with Crippen LogP contribution in [0.3, 0.4) is 0 Å². The van der Waals surface area contributed by atoms with E-state index in [-0.39, 0.29) is 12.4 Å². The highest BCUT2D eigenvalue weighted by molar-refractivity contribution is 9.10. The van der Waals surface area contributed by atoms with Crippen molar-refractivity contribution in [2.75, 3.05) is 6.61 Å². The molecule has 0 saturated carbocycles. The Morgan fingerprint density at radius 3 is 2.85 bits per heavy atom. The van der Waals surface area contributed by atoms with Gasteiger partial charge in [0.1, 0.15) is 5.69 Å². The van der Waals surface area contributed by atoms with Crippen LogP contribution in [0.1, 0.15) is 23.3 Å². The van der Waals surface area contributed by atoms with Crippen molar-refractivity contribution in [3.8, 4) is 0 Å². The summed E-state index contributed by atoms with van der Waals surface area (Å²) in [5.74, 6) is -0.0616.